The largest absolute Gasteiger partial charge is 0.481 e. The van der Waals surface area contributed by atoms with E-state index in [1.165, 1.54) is 5.56 Å². The molecule has 1 saturated heterocycles. The van der Waals surface area contributed by atoms with Gasteiger partial charge in [-0.15, -0.1) is 0 Å². The fourth-order valence-corrected chi connectivity index (χ4v) is 3.18. The minimum Gasteiger partial charge on any atom is -0.481 e. The van der Waals surface area contributed by atoms with Gasteiger partial charge in [-0.2, -0.15) is 0 Å². The van der Waals surface area contributed by atoms with Crippen molar-refractivity contribution >= 4 is 11.9 Å². The molecule has 2 N–H and O–H groups in total. The first-order valence-corrected chi connectivity index (χ1v) is 8.70. The summed E-state index contributed by atoms with van der Waals surface area (Å²) in [7, 11) is 0. The molecule has 1 aromatic rings. The van der Waals surface area contributed by atoms with Crippen LogP contribution >= 0.6 is 0 Å². The maximum Gasteiger partial charge on any atom is 0.308 e. The lowest BCUT2D eigenvalue weighted by Gasteiger charge is -2.27. The monoisotopic (exact) mass is 333 g/mol. The number of benzene rings is 1. The van der Waals surface area contributed by atoms with Crippen LogP contribution in [-0.2, 0) is 14.3 Å². The smallest absolute Gasteiger partial charge is 0.308 e. The van der Waals surface area contributed by atoms with Gasteiger partial charge in [-0.25, -0.2) is 0 Å². The summed E-state index contributed by atoms with van der Waals surface area (Å²) >= 11 is 0. The molecule has 1 fully saturated rings. The van der Waals surface area contributed by atoms with Crippen LogP contribution in [0, 0.1) is 11.8 Å². The Labute approximate surface area is 143 Å². The first-order valence-electron chi connectivity index (χ1n) is 8.70. The Morgan fingerprint density at radius 1 is 1.25 bits per heavy atom. The van der Waals surface area contributed by atoms with Gasteiger partial charge in [0.05, 0.1) is 5.92 Å². The number of nitrogens with one attached hydrogen (secondary N) is 1. The highest BCUT2D eigenvalue weighted by Crippen LogP contribution is 2.24. The normalized spacial score (nSPS) is 17.9. The Hall–Kier alpha value is -1.88. The highest BCUT2D eigenvalue weighted by molar-refractivity contribution is 5.77. The number of hydrogen-bond donors (Lipinski definition) is 2. The van der Waals surface area contributed by atoms with E-state index in [0.29, 0.717) is 25.6 Å². The van der Waals surface area contributed by atoms with Crippen molar-refractivity contribution in [3.63, 3.8) is 0 Å². The van der Waals surface area contributed by atoms with Gasteiger partial charge >= 0.3 is 5.97 Å². The van der Waals surface area contributed by atoms with E-state index in [9.17, 15) is 14.7 Å². The van der Waals surface area contributed by atoms with Crippen molar-refractivity contribution in [3.8, 4) is 0 Å². The van der Waals surface area contributed by atoms with Gasteiger partial charge in [0.25, 0.3) is 0 Å². The van der Waals surface area contributed by atoms with E-state index in [0.717, 1.165) is 19.3 Å². The third kappa shape index (κ3) is 5.64. The van der Waals surface area contributed by atoms with Crippen LogP contribution in [-0.4, -0.2) is 36.7 Å². The van der Waals surface area contributed by atoms with Gasteiger partial charge in [0, 0.05) is 26.2 Å². The Kier molecular flexibility index (Phi) is 7.25. The Balaban J connectivity index is 1.75. The number of carbonyl (C=O) groups is 2. The van der Waals surface area contributed by atoms with Crippen molar-refractivity contribution in [3.05, 3.63) is 35.9 Å². The van der Waals surface area contributed by atoms with E-state index in [1.807, 2.05) is 18.2 Å². The predicted molar refractivity (Wildman–Crippen MR) is 91.8 cm³/mol. The fraction of sp³-hybridized carbons (Fsp3) is 0.579. The van der Waals surface area contributed by atoms with Crippen molar-refractivity contribution in [1.82, 2.24) is 5.32 Å². The molecule has 24 heavy (non-hydrogen) atoms. The standard InChI is InChI=1S/C19H27NO4/c1-14(15-5-3-2-4-6-15)7-8-18(21)20-13-17(19(22)23)16-9-11-24-12-10-16/h2-6,14,16-17H,7-13H2,1H3,(H,20,21)(H,22,23). The van der Waals surface area contributed by atoms with Crippen LogP contribution in [0.5, 0.6) is 0 Å². The third-order valence-corrected chi connectivity index (χ3v) is 4.84. The topological polar surface area (TPSA) is 75.6 Å². The molecule has 0 aromatic heterocycles. The molecule has 1 amide bonds. The number of aliphatic carboxylic acids is 1. The van der Waals surface area contributed by atoms with Crippen molar-refractivity contribution in [2.24, 2.45) is 11.8 Å². The third-order valence-electron chi connectivity index (χ3n) is 4.84. The molecule has 1 heterocycles. The molecule has 5 heteroatoms. The van der Waals surface area contributed by atoms with Crippen LogP contribution in [0.3, 0.4) is 0 Å². The van der Waals surface area contributed by atoms with Gasteiger partial charge in [0.15, 0.2) is 0 Å². The van der Waals surface area contributed by atoms with Crippen LogP contribution in [0.2, 0.25) is 0 Å². The van der Waals surface area contributed by atoms with Crippen molar-refractivity contribution in [2.75, 3.05) is 19.8 Å². The number of hydrogen-bond acceptors (Lipinski definition) is 3. The SMILES string of the molecule is CC(CCC(=O)NCC(C(=O)O)C1CCOCC1)c1ccccc1. The van der Waals surface area contributed by atoms with E-state index in [-0.39, 0.29) is 18.4 Å². The minimum atomic E-state index is -0.833. The van der Waals surface area contributed by atoms with Gasteiger partial charge in [0.2, 0.25) is 5.91 Å². The summed E-state index contributed by atoms with van der Waals surface area (Å²) in [6, 6.07) is 10.1. The van der Waals surface area contributed by atoms with Crippen LogP contribution in [0.4, 0.5) is 0 Å². The summed E-state index contributed by atoms with van der Waals surface area (Å²) in [5.41, 5.74) is 1.22. The van der Waals surface area contributed by atoms with E-state index in [2.05, 4.69) is 24.4 Å². The minimum absolute atomic E-state index is 0.0731. The molecular formula is C19H27NO4. The number of ether oxygens (including phenoxy) is 1. The van der Waals surface area contributed by atoms with Crippen molar-refractivity contribution in [2.45, 2.75) is 38.5 Å². The first-order chi connectivity index (χ1) is 11.6. The van der Waals surface area contributed by atoms with Gasteiger partial charge < -0.3 is 15.2 Å². The predicted octanol–water partition coefficient (Wildman–Crippen LogP) is 2.81. The Morgan fingerprint density at radius 2 is 1.92 bits per heavy atom. The molecule has 0 bridgehead atoms. The maximum absolute atomic E-state index is 12.1. The van der Waals surface area contributed by atoms with Crippen molar-refractivity contribution < 1.29 is 19.4 Å². The first kappa shape index (κ1) is 18.5. The molecule has 2 unspecified atom stereocenters. The number of carbonyl (C=O) groups excluding carboxylic acids is 1. The highest BCUT2D eigenvalue weighted by Gasteiger charge is 2.29. The molecule has 0 aliphatic carbocycles. The van der Waals surface area contributed by atoms with E-state index in [1.54, 1.807) is 0 Å². The van der Waals surface area contributed by atoms with Crippen LogP contribution in [0.25, 0.3) is 0 Å². The lowest BCUT2D eigenvalue weighted by atomic mass is 9.86. The van der Waals surface area contributed by atoms with Gasteiger partial charge in [-0.05, 0) is 36.7 Å². The zero-order valence-corrected chi connectivity index (χ0v) is 14.2. The number of carboxylic acids is 1. The molecule has 132 valence electrons. The van der Waals surface area contributed by atoms with Gasteiger partial charge in [0.1, 0.15) is 0 Å². The number of carboxylic acid groups (broad SMARTS) is 1. The summed E-state index contributed by atoms with van der Waals surface area (Å²) in [6.07, 6.45) is 2.66. The lowest BCUT2D eigenvalue weighted by molar-refractivity contribution is -0.145. The maximum atomic E-state index is 12.1. The quantitative estimate of drug-likeness (QED) is 0.767. The van der Waals surface area contributed by atoms with Crippen molar-refractivity contribution in [1.29, 1.82) is 0 Å². The average Bonchev–Trinajstić information content (AvgIpc) is 2.61. The van der Waals surface area contributed by atoms with E-state index in [4.69, 9.17) is 4.74 Å². The molecule has 1 aromatic carbocycles. The lowest BCUT2D eigenvalue weighted by Crippen LogP contribution is -2.39. The number of rotatable bonds is 8. The highest BCUT2D eigenvalue weighted by atomic mass is 16.5. The Bertz CT molecular complexity index is 525. The summed E-state index contributed by atoms with van der Waals surface area (Å²) < 4.78 is 5.28. The van der Waals surface area contributed by atoms with E-state index < -0.39 is 11.9 Å². The molecule has 5 nitrogen and oxygen atoms in total. The average molecular weight is 333 g/mol. The number of amides is 1. The second-order valence-corrected chi connectivity index (χ2v) is 6.55. The molecular weight excluding hydrogens is 306 g/mol. The van der Waals surface area contributed by atoms with Crippen LogP contribution in [0.15, 0.2) is 30.3 Å². The zero-order chi connectivity index (χ0) is 17.4. The summed E-state index contributed by atoms with van der Waals surface area (Å²) in [4.78, 5) is 23.5. The molecule has 1 aliphatic rings. The van der Waals surface area contributed by atoms with E-state index >= 15 is 0 Å². The Morgan fingerprint density at radius 3 is 2.54 bits per heavy atom. The van der Waals surface area contributed by atoms with Crippen LogP contribution in [0.1, 0.15) is 44.1 Å². The summed E-state index contributed by atoms with van der Waals surface area (Å²) in [5, 5.41) is 12.2. The van der Waals surface area contributed by atoms with Gasteiger partial charge in [-0.1, -0.05) is 37.3 Å². The van der Waals surface area contributed by atoms with Crippen LogP contribution < -0.4 is 5.32 Å². The zero-order valence-electron chi connectivity index (χ0n) is 14.2. The molecule has 0 radical (unpaired) electrons. The summed E-state index contributed by atoms with van der Waals surface area (Å²) in [6.45, 7) is 3.53. The summed E-state index contributed by atoms with van der Waals surface area (Å²) in [5.74, 6) is -1.04. The molecule has 1 aliphatic heterocycles. The molecule has 0 spiro atoms. The van der Waals surface area contributed by atoms with Gasteiger partial charge in [-0.3, -0.25) is 9.59 Å². The molecule has 0 saturated carbocycles. The second kappa shape index (κ2) is 9.42. The molecule has 2 rings (SSSR count). The second-order valence-electron chi connectivity index (χ2n) is 6.55. The molecule has 2 atom stereocenters. The fourth-order valence-electron chi connectivity index (χ4n) is 3.18.